The van der Waals surface area contributed by atoms with E-state index >= 15 is 0 Å². The fourth-order valence-corrected chi connectivity index (χ4v) is 5.63. The van der Waals surface area contributed by atoms with Crippen molar-refractivity contribution in [2.24, 2.45) is 5.41 Å². The lowest BCUT2D eigenvalue weighted by molar-refractivity contribution is 0.373. The maximum Gasteiger partial charge on any atom is 0.241 e. The maximum absolute atomic E-state index is 12.3. The van der Waals surface area contributed by atoms with Crippen molar-refractivity contribution >= 4 is 57.8 Å². The summed E-state index contributed by atoms with van der Waals surface area (Å²) in [5, 5.41) is 0. The smallest absolute Gasteiger partial charge is 0.210 e. The second-order valence-corrected chi connectivity index (χ2v) is 10.6. The van der Waals surface area contributed by atoms with E-state index in [1.807, 2.05) is 0 Å². The Kier molecular flexibility index (Phi) is 6.72. The third-order valence-electron chi connectivity index (χ3n) is 2.51. The van der Waals surface area contributed by atoms with Crippen molar-refractivity contribution in [2.75, 3.05) is 6.54 Å². The Bertz CT molecular complexity index is 567. The molecule has 114 valence electrons. The molecule has 0 aromatic heterocycles. The van der Waals surface area contributed by atoms with Crippen LogP contribution in [0.2, 0.25) is 0 Å². The Morgan fingerprint density at radius 1 is 1.25 bits per heavy atom. The molecule has 1 N–H and O–H groups in total. The highest BCUT2D eigenvalue weighted by Crippen LogP contribution is 2.27. The molecule has 1 aromatic rings. The fourth-order valence-electron chi connectivity index (χ4n) is 1.70. The van der Waals surface area contributed by atoms with Gasteiger partial charge in [-0.15, -0.1) is 0 Å². The molecule has 0 saturated carbocycles. The Balaban J connectivity index is 2.78. The number of nitrogens with one attached hydrogen (secondary N) is 1. The van der Waals surface area contributed by atoms with Crippen LogP contribution in [0.3, 0.4) is 0 Å². The van der Waals surface area contributed by atoms with Gasteiger partial charge in [0.25, 0.3) is 0 Å². The molecule has 0 aliphatic rings. The fraction of sp³-hybridized carbons (Fsp3) is 0.538. The molecular formula is C13H18Br3NO2S. The van der Waals surface area contributed by atoms with Crippen LogP contribution in [-0.2, 0) is 10.0 Å². The summed E-state index contributed by atoms with van der Waals surface area (Å²) < 4.78 is 28.5. The Hall–Kier alpha value is 0.570. The van der Waals surface area contributed by atoms with E-state index in [0.29, 0.717) is 11.0 Å². The number of hydrogen-bond acceptors (Lipinski definition) is 2. The molecular weight excluding hydrogens is 474 g/mol. The Labute approximate surface area is 146 Å². The summed E-state index contributed by atoms with van der Waals surface area (Å²) in [5.41, 5.74) is 0.149. The van der Waals surface area contributed by atoms with Crippen LogP contribution in [0.4, 0.5) is 0 Å². The lowest BCUT2D eigenvalue weighted by atomic mass is 9.91. The number of rotatable bonds is 5. The molecule has 0 amide bonds. The first kappa shape index (κ1) is 18.6. The molecule has 0 fully saturated rings. The van der Waals surface area contributed by atoms with Gasteiger partial charge in [0, 0.05) is 20.3 Å². The van der Waals surface area contributed by atoms with Gasteiger partial charge in [0.05, 0.1) is 4.90 Å². The first-order valence-corrected chi connectivity index (χ1v) is 10.1. The van der Waals surface area contributed by atoms with Crippen molar-refractivity contribution in [1.82, 2.24) is 4.72 Å². The minimum Gasteiger partial charge on any atom is -0.210 e. The summed E-state index contributed by atoms with van der Waals surface area (Å²) >= 11 is 10.1. The van der Waals surface area contributed by atoms with E-state index in [2.05, 4.69) is 73.3 Å². The van der Waals surface area contributed by atoms with E-state index in [0.717, 1.165) is 10.9 Å². The second kappa shape index (κ2) is 7.22. The van der Waals surface area contributed by atoms with Gasteiger partial charge in [0.1, 0.15) is 0 Å². The Morgan fingerprint density at radius 2 is 1.85 bits per heavy atom. The molecule has 0 heterocycles. The predicted molar refractivity (Wildman–Crippen MR) is 93.8 cm³/mol. The molecule has 0 bridgehead atoms. The van der Waals surface area contributed by atoms with Gasteiger partial charge >= 0.3 is 0 Å². The molecule has 1 aromatic carbocycles. The van der Waals surface area contributed by atoms with Crippen LogP contribution in [0.5, 0.6) is 0 Å². The minimum atomic E-state index is -3.52. The average molecular weight is 492 g/mol. The molecule has 20 heavy (non-hydrogen) atoms. The van der Waals surface area contributed by atoms with Gasteiger partial charge in [-0.3, -0.25) is 0 Å². The monoisotopic (exact) mass is 489 g/mol. The maximum atomic E-state index is 12.3. The average Bonchev–Trinajstić information content (AvgIpc) is 2.27. The standard InChI is InChI=1S/C13H18Br3NO2S/c1-13(2,3)7-10(15)8-17-20(18,19)12-6-9(14)4-5-11(12)16/h4-6,10,17H,7-8H2,1-3H3. The Morgan fingerprint density at radius 3 is 2.40 bits per heavy atom. The normalized spacial score (nSPS) is 14.3. The van der Waals surface area contributed by atoms with Crippen molar-refractivity contribution in [3.8, 4) is 0 Å². The van der Waals surface area contributed by atoms with Gasteiger partial charge in [-0.2, -0.15) is 0 Å². The van der Waals surface area contributed by atoms with Crippen molar-refractivity contribution in [3.63, 3.8) is 0 Å². The van der Waals surface area contributed by atoms with E-state index in [9.17, 15) is 8.42 Å². The number of hydrogen-bond donors (Lipinski definition) is 1. The van der Waals surface area contributed by atoms with Gasteiger partial charge in [-0.05, 0) is 46.0 Å². The van der Waals surface area contributed by atoms with E-state index in [1.54, 1.807) is 18.2 Å². The largest absolute Gasteiger partial charge is 0.241 e. The van der Waals surface area contributed by atoms with Crippen LogP contribution in [0, 0.1) is 5.41 Å². The zero-order valence-electron chi connectivity index (χ0n) is 11.6. The summed E-state index contributed by atoms with van der Waals surface area (Å²) in [4.78, 5) is 0.338. The summed E-state index contributed by atoms with van der Waals surface area (Å²) in [6, 6.07) is 5.08. The number of alkyl halides is 1. The molecule has 3 nitrogen and oxygen atoms in total. The van der Waals surface area contributed by atoms with E-state index in [4.69, 9.17) is 0 Å². The molecule has 0 spiro atoms. The van der Waals surface area contributed by atoms with Crippen molar-refractivity contribution < 1.29 is 8.42 Å². The number of sulfonamides is 1. The topological polar surface area (TPSA) is 46.2 Å². The van der Waals surface area contributed by atoms with Gasteiger partial charge in [-0.1, -0.05) is 52.6 Å². The van der Waals surface area contributed by atoms with Gasteiger partial charge < -0.3 is 0 Å². The molecule has 7 heteroatoms. The van der Waals surface area contributed by atoms with Gasteiger partial charge in [0.2, 0.25) is 10.0 Å². The van der Waals surface area contributed by atoms with Gasteiger partial charge in [0.15, 0.2) is 0 Å². The number of benzene rings is 1. The van der Waals surface area contributed by atoms with Crippen molar-refractivity contribution in [3.05, 3.63) is 27.1 Å². The van der Waals surface area contributed by atoms with Crippen LogP contribution >= 0.6 is 47.8 Å². The minimum absolute atomic E-state index is 0.100. The first-order chi connectivity index (χ1) is 9.01. The van der Waals surface area contributed by atoms with Crippen LogP contribution in [0.1, 0.15) is 27.2 Å². The molecule has 0 aliphatic carbocycles. The van der Waals surface area contributed by atoms with E-state index in [-0.39, 0.29) is 15.1 Å². The quantitative estimate of drug-likeness (QED) is 0.607. The summed E-state index contributed by atoms with van der Waals surface area (Å²) in [5.74, 6) is 0. The van der Waals surface area contributed by atoms with Gasteiger partial charge in [-0.25, -0.2) is 13.1 Å². The van der Waals surface area contributed by atoms with Crippen molar-refractivity contribution in [1.29, 1.82) is 0 Å². The van der Waals surface area contributed by atoms with Crippen LogP contribution in [0.25, 0.3) is 0 Å². The van der Waals surface area contributed by atoms with E-state index < -0.39 is 10.0 Å². The predicted octanol–water partition coefficient (Wildman–Crippen LogP) is 4.69. The van der Waals surface area contributed by atoms with Crippen LogP contribution in [0.15, 0.2) is 32.0 Å². The van der Waals surface area contributed by atoms with Crippen LogP contribution < -0.4 is 4.72 Å². The second-order valence-electron chi connectivity index (χ2n) is 5.79. The van der Waals surface area contributed by atoms with Crippen LogP contribution in [-0.4, -0.2) is 19.8 Å². The highest BCUT2D eigenvalue weighted by atomic mass is 79.9. The third-order valence-corrected chi connectivity index (χ3v) is 6.07. The first-order valence-electron chi connectivity index (χ1n) is 6.10. The molecule has 1 atom stereocenters. The van der Waals surface area contributed by atoms with E-state index in [1.165, 1.54) is 0 Å². The number of halogens is 3. The summed E-state index contributed by atoms with van der Waals surface area (Å²) in [6.45, 7) is 6.74. The lowest BCUT2D eigenvalue weighted by Crippen LogP contribution is -2.31. The zero-order valence-corrected chi connectivity index (χ0v) is 17.2. The third kappa shape index (κ3) is 6.13. The summed E-state index contributed by atoms with van der Waals surface area (Å²) in [7, 11) is -3.52. The highest BCUT2D eigenvalue weighted by molar-refractivity contribution is 9.11. The highest BCUT2D eigenvalue weighted by Gasteiger charge is 2.21. The molecule has 1 unspecified atom stereocenters. The summed E-state index contributed by atoms with van der Waals surface area (Å²) in [6.07, 6.45) is 0.884. The lowest BCUT2D eigenvalue weighted by Gasteiger charge is -2.22. The zero-order chi connectivity index (χ0) is 15.6. The SMILES string of the molecule is CC(C)(C)CC(Br)CNS(=O)(=O)c1cc(Br)ccc1Br. The molecule has 0 aliphatic heterocycles. The van der Waals surface area contributed by atoms with Crippen molar-refractivity contribution in [2.45, 2.75) is 36.9 Å². The molecule has 1 rings (SSSR count). The molecule has 0 saturated heterocycles. The molecule has 0 radical (unpaired) electrons.